The summed E-state index contributed by atoms with van der Waals surface area (Å²) in [6.07, 6.45) is -3.48. The van der Waals surface area contributed by atoms with E-state index in [0.717, 1.165) is 12.1 Å². The third kappa shape index (κ3) is 7.19. The van der Waals surface area contributed by atoms with Crippen LogP contribution in [0.3, 0.4) is 0 Å². The molecule has 10 nitrogen and oxygen atoms in total. The number of hydrogen-bond acceptors (Lipinski definition) is 7. The molecule has 3 aromatic carbocycles. The minimum atomic E-state index is -4.76. The lowest BCUT2D eigenvalue weighted by molar-refractivity contribution is -0.136. The molecule has 2 heterocycles. The Kier molecular flexibility index (Phi) is 8.47. The van der Waals surface area contributed by atoms with Gasteiger partial charge in [0.05, 0.1) is 21.2 Å². The average molecular weight is 667 g/mol. The number of carbonyl (C=O) groups is 3. The molecule has 4 N–H and O–H groups in total. The Morgan fingerprint density at radius 2 is 1.61 bits per heavy atom. The van der Waals surface area contributed by atoms with Crippen LogP contribution in [0.1, 0.15) is 28.1 Å². The Morgan fingerprint density at radius 1 is 0.870 bits per heavy atom. The number of anilines is 4. The summed E-state index contributed by atoms with van der Waals surface area (Å²) in [5.41, 5.74) is 0.104. The van der Waals surface area contributed by atoms with Crippen LogP contribution in [0.5, 0.6) is 0 Å². The minimum absolute atomic E-state index is 0.115. The molecule has 234 valence electrons. The van der Waals surface area contributed by atoms with Crippen LogP contribution in [0.15, 0.2) is 82.7 Å². The molecule has 0 bridgehead atoms. The van der Waals surface area contributed by atoms with Crippen LogP contribution in [0, 0.1) is 5.92 Å². The minimum Gasteiger partial charge on any atom is -0.334 e. The summed E-state index contributed by atoms with van der Waals surface area (Å²) in [5.74, 6) is -0.705. The maximum absolute atomic E-state index is 13.7. The molecule has 1 saturated carbocycles. The van der Waals surface area contributed by atoms with Crippen molar-refractivity contribution >= 4 is 63.5 Å². The van der Waals surface area contributed by atoms with Gasteiger partial charge < -0.3 is 25.8 Å². The SMILES string of the molecule is O=C(Nc1cccc(-c2nc(-c3ccc(NC(=O)c4cccs4)cc3Cl)no2)c1)Nc1ccc(NC(=O)C2CC2)c(C(F)(F)F)c1. The first-order valence-corrected chi connectivity index (χ1v) is 15.0. The quantitative estimate of drug-likeness (QED) is 0.131. The number of nitrogens with zero attached hydrogens (tertiary/aromatic N) is 2. The number of alkyl halides is 3. The molecule has 0 aliphatic heterocycles. The van der Waals surface area contributed by atoms with Crippen LogP contribution in [0.4, 0.5) is 40.7 Å². The molecule has 46 heavy (non-hydrogen) atoms. The van der Waals surface area contributed by atoms with E-state index in [2.05, 4.69) is 31.4 Å². The maximum Gasteiger partial charge on any atom is 0.418 e. The molecular weight excluding hydrogens is 645 g/mol. The molecule has 0 radical (unpaired) electrons. The van der Waals surface area contributed by atoms with Crippen molar-refractivity contribution in [3.63, 3.8) is 0 Å². The van der Waals surface area contributed by atoms with Gasteiger partial charge in [-0.3, -0.25) is 9.59 Å². The van der Waals surface area contributed by atoms with E-state index in [1.54, 1.807) is 60.0 Å². The number of nitrogens with one attached hydrogen (secondary N) is 4. The molecule has 15 heteroatoms. The number of urea groups is 1. The summed E-state index contributed by atoms with van der Waals surface area (Å²) in [6.45, 7) is 0. The average Bonchev–Trinajstić information content (AvgIpc) is 3.49. The van der Waals surface area contributed by atoms with Crippen molar-refractivity contribution in [3.05, 3.63) is 93.6 Å². The standard InChI is InChI=1S/C31H22ClF3N6O4S/c32-23-15-20(36-28(43)25-5-2-12-46-25)8-10-21(23)26-40-29(45-41-26)17-3-1-4-18(13-17)37-30(44)38-19-9-11-24(22(14-19)31(33,34)35)39-27(42)16-6-7-16/h1-5,8-16H,6-7H2,(H,36,43)(H,39,42)(H2,37,38,44). The first-order valence-electron chi connectivity index (χ1n) is 13.7. The molecular formula is C31H22ClF3N6O4S. The van der Waals surface area contributed by atoms with Crippen LogP contribution in [0.2, 0.25) is 5.02 Å². The van der Waals surface area contributed by atoms with Crippen molar-refractivity contribution < 1.29 is 32.1 Å². The zero-order chi connectivity index (χ0) is 32.4. The van der Waals surface area contributed by atoms with Gasteiger partial charge >= 0.3 is 12.2 Å². The van der Waals surface area contributed by atoms with Gasteiger partial charge in [-0.2, -0.15) is 18.2 Å². The number of benzene rings is 3. The highest BCUT2D eigenvalue weighted by atomic mass is 35.5. The second-order valence-electron chi connectivity index (χ2n) is 10.2. The van der Waals surface area contributed by atoms with E-state index in [0.29, 0.717) is 40.2 Å². The summed E-state index contributed by atoms with van der Waals surface area (Å²) in [6, 6.07) is 17.1. The summed E-state index contributed by atoms with van der Waals surface area (Å²) < 4.78 is 46.5. The molecule has 2 aromatic heterocycles. The number of hydrogen-bond donors (Lipinski definition) is 4. The highest BCUT2D eigenvalue weighted by molar-refractivity contribution is 7.12. The predicted molar refractivity (Wildman–Crippen MR) is 168 cm³/mol. The lowest BCUT2D eigenvalue weighted by Gasteiger charge is -2.16. The normalized spacial score (nSPS) is 12.8. The molecule has 0 spiro atoms. The second-order valence-corrected chi connectivity index (χ2v) is 11.6. The highest BCUT2D eigenvalue weighted by Crippen LogP contribution is 2.38. The molecule has 4 amide bonds. The van der Waals surface area contributed by atoms with Gasteiger partial charge in [-0.15, -0.1) is 11.3 Å². The van der Waals surface area contributed by atoms with Gasteiger partial charge in [0.25, 0.3) is 11.8 Å². The largest absolute Gasteiger partial charge is 0.418 e. The van der Waals surface area contributed by atoms with E-state index in [4.69, 9.17) is 16.1 Å². The Morgan fingerprint density at radius 3 is 2.30 bits per heavy atom. The fourth-order valence-corrected chi connectivity index (χ4v) is 5.28. The Labute approximate surface area is 268 Å². The van der Waals surface area contributed by atoms with Gasteiger partial charge in [0.15, 0.2) is 0 Å². The molecule has 0 unspecified atom stereocenters. The van der Waals surface area contributed by atoms with Crippen molar-refractivity contribution in [1.82, 2.24) is 10.1 Å². The van der Waals surface area contributed by atoms with E-state index < -0.39 is 23.7 Å². The molecule has 1 aliphatic rings. The maximum atomic E-state index is 13.7. The van der Waals surface area contributed by atoms with Crippen LogP contribution < -0.4 is 21.3 Å². The lowest BCUT2D eigenvalue weighted by atomic mass is 10.1. The van der Waals surface area contributed by atoms with Gasteiger partial charge in [0.2, 0.25) is 11.7 Å². The first-order chi connectivity index (χ1) is 22.0. The molecule has 1 aliphatic carbocycles. The first kappa shape index (κ1) is 30.8. The van der Waals surface area contributed by atoms with Gasteiger partial charge in [-0.1, -0.05) is 28.9 Å². The molecule has 6 rings (SSSR count). The van der Waals surface area contributed by atoms with Crippen LogP contribution in [-0.4, -0.2) is 28.0 Å². The lowest BCUT2D eigenvalue weighted by Crippen LogP contribution is -2.21. The van der Waals surface area contributed by atoms with Crippen molar-refractivity contribution in [3.8, 4) is 22.8 Å². The third-order valence-corrected chi connectivity index (χ3v) is 7.98. The number of rotatable bonds is 8. The number of carbonyl (C=O) groups excluding carboxylic acids is 3. The zero-order valence-corrected chi connectivity index (χ0v) is 25.0. The highest BCUT2D eigenvalue weighted by Gasteiger charge is 2.36. The van der Waals surface area contributed by atoms with Gasteiger partial charge in [-0.25, -0.2) is 4.79 Å². The van der Waals surface area contributed by atoms with Crippen molar-refractivity contribution in [2.24, 2.45) is 5.92 Å². The van der Waals surface area contributed by atoms with E-state index in [1.807, 2.05) is 0 Å². The molecule has 5 aromatic rings. The summed E-state index contributed by atoms with van der Waals surface area (Å²) in [4.78, 5) is 42.0. The third-order valence-electron chi connectivity index (χ3n) is 6.80. The Balaban J connectivity index is 1.12. The van der Waals surface area contributed by atoms with Crippen LogP contribution in [-0.2, 0) is 11.0 Å². The van der Waals surface area contributed by atoms with Crippen LogP contribution in [0.25, 0.3) is 22.8 Å². The fourth-order valence-electron chi connectivity index (χ4n) is 4.39. The molecule has 1 fully saturated rings. The van der Waals surface area contributed by atoms with Gasteiger partial charge in [-0.05, 0) is 78.9 Å². The molecule has 0 atom stereocenters. The topological polar surface area (TPSA) is 138 Å². The van der Waals surface area contributed by atoms with Crippen molar-refractivity contribution in [2.45, 2.75) is 19.0 Å². The number of halogens is 4. The Hall–Kier alpha value is -5.21. The van der Waals surface area contributed by atoms with E-state index in [9.17, 15) is 27.6 Å². The Bertz CT molecular complexity index is 1940. The van der Waals surface area contributed by atoms with Gasteiger partial charge in [0, 0.05) is 34.1 Å². The van der Waals surface area contributed by atoms with E-state index >= 15 is 0 Å². The summed E-state index contributed by atoms with van der Waals surface area (Å²) >= 11 is 7.76. The van der Waals surface area contributed by atoms with Crippen molar-refractivity contribution in [2.75, 3.05) is 21.3 Å². The second kappa shape index (κ2) is 12.7. The van der Waals surface area contributed by atoms with Crippen LogP contribution >= 0.6 is 22.9 Å². The fraction of sp³-hybridized carbons (Fsp3) is 0.129. The number of amides is 4. The smallest absolute Gasteiger partial charge is 0.334 e. The predicted octanol–water partition coefficient (Wildman–Crippen LogP) is 8.38. The monoisotopic (exact) mass is 666 g/mol. The van der Waals surface area contributed by atoms with E-state index in [1.165, 1.54) is 17.4 Å². The molecule has 0 saturated heterocycles. The summed E-state index contributed by atoms with van der Waals surface area (Å²) in [5, 5.41) is 16.1. The van der Waals surface area contributed by atoms with Crippen molar-refractivity contribution in [1.29, 1.82) is 0 Å². The summed E-state index contributed by atoms with van der Waals surface area (Å²) in [7, 11) is 0. The number of aromatic nitrogens is 2. The van der Waals surface area contributed by atoms with Gasteiger partial charge in [0.1, 0.15) is 0 Å². The number of thiophene rings is 1. The van der Waals surface area contributed by atoms with E-state index in [-0.39, 0.29) is 39.9 Å². The zero-order valence-electron chi connectivity index (χ0n) is 23.4.